The van der Waals surface area contributed by atoms with Gasteiger partial charge in [-0.2, -0.15) is 0 Å². The summed E-state index contributed by atoms with van der Waals surface area (Å²) in [5.41, 5.74) is 5.70. The van der Waals surface area contributed by atoms with Crippen LogP contribution < -0.4 is 10.2 Å². The number of halogens is 1. The van der Waals surface area contributed by atoms with E-state index in [1.807, 2.05) is 61.5 Å². The van der Waals surface area contributed by atoms with E-state index in [1.54, 1.807) is 0 Å². The average Bonchev–Trinajstić information content (AvgIpc) is 3.12. The molecule has 5 rings (SSSR count). The third-order valence-corrected chi connectivity index (χ3v) is 5.81. The van der Waals surface area contributed by atoms with E-state index >= 15 is 0 Å². The van der Waals surface area contributed by atoms with Gasteiger partial charge in [0.05, 0.1) is 17.6 Å². The van der Waals surface area contributed by atoms with E-state index in [9.17, 15) is 4.79 Å². The van der Waals surface area contributed by atoms with Crippen molar-refractivity contribution in [3.63, 3.8) is 0 Å². The highest BCUT2D eigenvalue weighted by Gasteiger charge is 2.21. The number of amides is 1. The molecular formula is C24H21ClN4O. The van der Waals surface area contributed by atoms with Gasteiger partial charge < -0.3 is 14.8 Å². The van der Waals surface area contributed by atoms with Gasteiger partial charge in [-0.05, 0) is 61.0 Å². The Kier molecular flexibility index (Phi) is 4.68. The number of imidazole rings is 1. The molecule has 150 valence electrons. The van der Waals surface area contributed by atoms with Gasteiger partial charge in [0.2, 0.25) is 0 Å². The maximum absolute atomic E-state index is 12.5. The van der Waals surface area contributed by atoms with Crippen LogP contribution in [0.2, 0.25) is 5.02 Å². The maximum atomic E-state index is 12.5. The zero-order valence-electron chi connectivity index (χ0n) is 16.6. The van der Waals surface area contributed by atoms with Crippen LogP contribution in [-0.2, 0) is 13.1 Å². The summed E-state index contributed by atoms with van der Waals surface area (Å²) in [5, 5.41) is 3.72. The Morgan fingerprint density at radius 2 is 1.87 bits per heavy atom. The second-order valence-corrected chi connectivity index (χ2v) is 7.99. The van der Waals surface area contributed by atoms with Gasteiger partial charge in [0.1, 0.15) is 5.82 Å². The number of aryl methyl sites for hydroxylation is 1. The Bertz CT molecular complexity index is 1250. The Labute approximate surface area is 179 Å². The first-order valence-corrected chi connectivity index (χ1v) is 10.3. The number of nitrogens with one attached hydrogen (secondary N) is 1. The lowest BCUT2D eigenvalue weighted by Crippen LogP contribution is -2.33. The predicted octanol–water partition coefficient (Wildman–Crippen LogP) is 5.27. The highest BCUT2D eigenvalue weighted by Crippen LogP contribution is 2.28. The number of carbonyl (C=O) groups excluding carboxylic acids is 1. The molecule has 0 spiro atoms. The van der Waals surface area contributed by atoms with Crippen LogP contribution in [-0.4, -0.2) is 22.0 Å². The molecule has 1 aliphatic heterocycles. The molecule has 0 bridgehead atoms. The van der Waals surface area contributed by atoms with Crippen molar-refractivity contribution in [2.45, 2.75) is 20.0 Å². The van der Waals surface area contributed by atoms with Gasteiger partial charge in [-0.1, -0.05) is 29.8 Å². The van der Waals surface area contributed by atoms with E-state index in [4.69, 9.17) is 16.6 Å². The van der Waals surface area contributed by atoms with Gasteiger partial charge in [0.15, 0.2) is 0 Å². The number of rotatable bonds is 3. The Morgan fingerprint density at radius 1 is 1.03 bits per heavy atom. The number of nitrogens with zero attached hydrogens (tertiary/aromatic N) is 3. The topological polar surface area (TPSA) is 50.2 Å². The van der Waals surface area contributed by atoms with Crippen LogP contribution >= 0.6 is 11.6 Å². The van der Waals surface area contributed by atoms with Gasteiger partial charge in [0, 0.05) is 35.1 Å². The lowest BCUT2D eigenvalue weighted by atomic mass is 10.1. The third kappa shape index (κ3) is 3.42. The van der Waals surface area contributed by atoms with Crippen LogP contribution in [0, 0.1) is 6.92 Å². The fourth-order valence-electron chi connectivity index (χ4n) is 3.98. The summed E-state index contributed by atoms with van der Waals surface area (Å²) in [6.07, 6.45) is 0. The second kappa shape index (κ2) is 7.50. The molecule has 0 atom stereocenters. The highest BCUT2D eigenvalue weighted by atomic mass is 35.5. The van der Waals surface area contributed by atoms with Crippen molar-refractivity contribution in [2.24, 2.45) is 0 Å². The molecule has 4 aromatic rings. The summed E-state index contributed by atoms with van der Waals surface area (Å²) in [6, 6.07) is 21.3. The number of hydrogen-bond acceptors (Lipinski definition) is 3. The fourth-order valence-corrected chi connectivity index (χ4v) is 4.15. The summed E-state index contributed by atoms with van der Waals surface area (Å²) >= 11 is 6.12. The van der Waals surface area contributed by atoms with E-state index in [-0.39, 0.29) is 5.91 Å². The molecule has 5 nitrogen and oxygen atoms in total. The van der Waals surface area contributed by atoms with Crippen LogP contribution in [0.5, 0.6) is 0 Å². The van der Waals surface area contributed by atoms with Crippen molar-refractivity contribution in [3.05, 3.63) is 88.7 Å². The van der Waals surface area contributed by atoms with Crippen LogP contribution in [0.4, 0.5) is 11.4 Å². The standard InChI is InChI=1S/C24H21ClN4O/c1-16-13-19(8-9-20(16)27-24(30)17-5-3-2-4-6-17)28-11-12-29-22-10-7-18(25)14-21(22)26-23(29)15-28/h2-10,13-14H,11-12,15H2,1H3,(H,27,30). The van der Waals surface area contributed by atoms with E-state index in [0.29, 0.717) is 10.6 Å². The van der Waals surface area contributed by atoms with Crippen LogP contribution in [0.15, 0.2) is 66.7 Å². The molecule has 0 aliphatic carbocycles. The minimum atomic E-state index is -0.100. The van der Waals surface area contributed by atoms with Crippen molar-refractivity contribution in [2.75, 3.05) is 16.8 Å². The van der Waals surface area contributed by atoms with Gasteiger partial charge in [0.25, 0.3) is 5.91 Å². The van der Waals surface area contributed by atoms with Gasteiger partial charge in [-0.3, -0.25) is 4.79 Å². The molecule has 1 aromatic heterocycles. The molecular weight excluding hydrogens is 396 g/mol. The first-order chi connectivity index (χ1) is 14.6. The molecule has 2 heterocycles. The van der Waals surface area contributed by atoms with Crippen LogP contribution in [0.3, 0.4) is 0 Å². The summed E-state index contributed by atoms with van der Waals surface area (Å²) in [6.45, 7) is 4.53. The first kappa shape index (κ1) is 18.7. The molecule has 1 N–H and O–H groups in total. The van der Waals surface area contributed by atoms with Crippen molar-refractivity contribution in [3.8, 4) is 0 Å². The molecule has 0 radical (unpaired) electrons. The molecule has 0 fully saturated rings. The van der Waals surface area contributed by atoms with Crippen molar-refractivity contribution >= 4 is 39.9 Å². The number of anilines is 2. The van der Waals surface area contributed by atoms with Gasteiger partial charge in [-0.15, -0.1) is 0 Å². The van der Waals surface area contributed by atoms with Crippen molar-refractivity contribution in [1.82, 2.24) is 9.55 Å². The number of carbonyl (C=O) groups is 1. The Morgan fingerprint density at radius 3 is 2.67 bits per heavy atom. The maximum Gasteiger partial charge on any atom is 0.255 e. The SMILES string of the molecule is Cc1cc(N2CCn3c(nc4cc(Cl)ccc43)C2)ccc1NC(=O)c1ccccc1. The lowest BCUT2D eigenvalue weighted by Gasteiger charge is -2.30. The molecule has 1 amide bonds. The fraction of sp³-hybridized carbons (Fsp3) is 0.167. The molecule has 0 saturated heterocycles. The zero-order chi connectivity index (χ0) is 20.7. The third-order valence-electron chi connectivity index (χ3n) is 5.57. The molecule has 0 saturated carbocycles. The average molecular weight is 417 g/mol. The molecule has 6 heteroatoms. The van der Waals surface area contributed by atoms with Crippen molar-refractivity contribution in [1.29, 1.82) is 0 Å². The summed E-state index contributed by atoms with van der Waals surface area (Å²) in [7, 11) is 0. The first-order valence-electron chi connectivity index (χ1n) is 9.95. The van der Waals surface area contributed by atoms with E-state index in [1.165, 1.54) is 0 Å². The molecule has 1 aliphatic rings. The monoisotopic (exact) mass is 416 g/mol. The minimum absolute atomic E-state index is 0.100. The molecule has 0 unspecified atom stereocenters. The number of hydrogen-bond donors (Lipinski definition) is 1. The lowest BCUT2D eigenvalue weighted by molar-refractivity contribution is 0.102. The summed E-state index contributed by atoms with van der Waals surface area (Å²) in [4.78, 5) is 19.6. The summed E-state index contributed by atoms with van der Waals surface area (Å²) in [5.74, 6) is 0.939. The Balaban J connectivity index is 1.36. The molecule has 3 aromatic carbocycles. The van der Waals surface area contributed by atoms with E-state index in [0.717, 1.165) is 53.4 Å². The van der Waals surface area contributed by atoms with Gasteiger partial charge in [-0.25, -0.2) is 4.98 Å². The van der Waals surface area contributed by atoms with Crippen molar-refractivity contribution < 1.29 is 4.79 Å². The van der Waals surface area contributed by atoms with E-state index < -0.39 is 0 Å². The van der Waals surface area contributed by atoms with E-state index in [2.05, 4.69) is 26.9 Å². The summed E-state index contributed by atoms with van der Waals surface area (Å²) < 4.78 is 2.27. The number of fused-ring (bicyclic) bond motifs is 3. The smallest absolute Gasteiger partial charge is 0.255 e. The van der Waals surface area contributed by atoms with Crippen LogP contribution in [0.1, 0.15) is 21.7 Å². The molecule has 30 heavy (non-hydrogen) atoms. The van der Waals surface area contributed by atoms with Crippen LogP contribution in [0.25, 0.3) is 11.0 Å². The second-order valence-electron chi connectivity index (χ2n) is 7.55. The largest absolute Gasteiger partial charge is 0.362 e. The zero-order valence-corrected chi connectivity index (χ0v) is 17.4. The van der Waals surface area contributed by atoms with Gasteiger partial charge >= 0.3 is 0 Å². The number of aromatic nitrogens is 2. The minimum Gasteiger partial charge on any atom is -0.362 e. The normalized spacial score (nSPS) is 13.3. The number of benzene rings is 3. The highest BCUT2D eigenvalue weighted by molar-refractivity contribution is 6.31. The predicted molar refractivity (Wildman–Crippen MR) is 121 cm³/mol. The quantitative estimate of drug-likeness (QED) is 0.495. The Hall–Kier alpha value is -3.31.